The van der Waals surface area contributed by atoms with Gasteiger partial charge in [0.15, 0.2) is 0 Å². The highest BCUT2D eigenvalue weighted by Gasteiger charge is 2.13. The van der Waals surface area contributed by atoms with E-state index >= 15 is 0 Å². The van der Waals surface area contributed by atoms with Crippen molar-refractivity contribution in [1.82, 2.24) is 9.97 Å². The fourth-order valence-corrected chi connectivity index (χ4v) is 3.68. The van der Waals surface area contributed by atoms with E-state index in [1.807, 2.05) is 12.1 Å². The smallest absolute Gasteiger partial charge is 0.141 e. The van der Waals surface area contributed by atoms with Crippen LogP contribution in [0.4, 0.5) is 17.2 Å². The van der Waals surface area contributed by atoms with Crippen LogP contribution in [0.3, 0.4) is 0 Å². The minimum atomic E-state index is 0.873. The van der Waals surface area contributed by atoms with Crippen molar-refractivity contribution in [3.63, 3.8) is 0 Å². The predicted octanol–water partition coefficient (Wildman–Crippen LogP) is 4.98. The summed E-state index contributed by atoms with van der Waals surface area (Å²) in [5.74, 6) is 0.873. The molecule has 128 valence electrons. The standard InChI is InChI=1S/C21H24N4/c1-15-11-17(13-18(12-15)25-9-4-3-5-10-25)24-21-20-16(2)7-6-8-19(20)22-14-23-21/h6-8,11-14H,3-5,9-10H2,1-2H3,(H,22,23,24). The van der Waals surface area contributed by atoms with E-state index in [4.69, 9.17) is 0 Å². The van der Waals surface area contributed by atoms with Gasteiger partial charge in [0.25, 0.3) is 0 Å². The van der Waals surface area contributed by atoms with Gasteiger partial charge in [-0.3, -0.25) is 0 Å². The number of benzene rings is 2. The summed E-state index contributed by atoms with van der Waals surface area (Å²) in [5.41, 5.74) is 5.81. The fourth-order valence-electron chi connectivity index (χ4n) is 3.68. The Kier molecular flexibility index (Phi) is 4.26. The first-order valence-electron chi connectivity index (χ1n) is 9.05. The minimum absolute atomic E-state index is 0.873. The number of nitrogens with zero attached hydrogens (tertiary/aromatic N) is 3. The van der Waals surface area contributed by atoms with E-state index in [0.717, 1.165) is 35.5 Å². The molecule has 2 aromatic carbocycles. The summed E-state index contributed by atoms with van der Waals surface area (Å²) in [6.45, 7) is 6.56. The van der Waals surface area contributed by atoms with Gasteiger partial charge in [0.05, 0.1) is 5.52 Å². The second-order valence-electron chi connectivity index (χ2n) is 6.92. The summed E-state index contributed by atoms with van der Waals surface area (Å²) in [6, 6.07) is 12.9. The number of hydrogen-bond acceptors (Lipinski definition) is 4. The van der Waals surface area contributed by atoms with Gasteiger partial charge in [0.2, 0.25) is 0 Å². The highest BCUT2D eigenvalue weighted by Crippen LogP contribution is 2.29. The van der Waals surface area contributed by atoms with Crippen LogP contribution in [0.1, 0.15) is 30.4 Å². The Morgan fingerprint density at radius 1 is 0.960 bits per heavy atom. The first-order valence-corrected chi connectivity index (χ1v) is 9.05. The molecule has 0 amide bonds. The Bertz CT molecular complexity index is 892. The molecule has 0 spiro atoms. The third kappa shape index (κ3) is 3.29. The van der Waals surface area contributed by atoms with Crippen molar-refractivity contribution >= 4 is 28.1 Å². The topological polar surface area (TPSA) is 41.1 Å². The molecule has 1 aliphatic heterocycles. The normalized spacial score (nSPS) is 14.7. The number of rotatable bonds is 3. The van der Waals surface area contributed by atoms with Gasteiger partial charge < -0.3 is 10.2 Å². The van der Waals surface area contributed by atoms with Crippen molar-refractivity contribution in [2.24, 2.45) is 0 Å². The molecule has 0 radical (unpaired) electrons. The molecule has 0 unspecified atom stereocenters. The highest BCUT2D eigenvalue weighted by atomic mass is 15.1. The number of aromatic nitrogens is 2. The van der Waals surface area contributed by atoms with Gasteiger partial charge in [0.1, 0.15) is 12.1 Å². The highest BCUT2D eigenvalue weighted by molar-refractivity contribution is 5.93. The maximum absolute atomic E-state index is 4.50. The lowest BCUT2D eigenvalue weighted by Crippen LogP contribution is -2.29. The summed E-state index contributed by atoms with van der Waals surface area (Å²) in [5, 5.41) is 4.62. The molecule has 0 saturated carbocycles. The molecule has 0 bridgehead atoms. The Labute approximate surface area is 148 Å². The molecule has 4 nitrogen and oxygen atoms in total. The predicted molar refractivity (Wildman–Crippen MR) is 105 cm³/mol. The molecule has 25 heavy (non-hydrogen) atoms. The van der Waals surface area contributed by atoms with E-state index < -0.39 is 0 Å². The lowest BCUT2D eigenvalue weighted by molar-refractivity contribution is 0.578. The maximum atomic E-state index is 4.50. The molecular formula is C21H24N4. The monoisotopic (exact) mass is 332 g/mol. The van der Waals surface area contributed by atoms with Crippen LogP contribution in [0.15, 0.2) is 42.7 Å². The van der Waals surface area contributed by atoms with Crippen molar-refractivity contribution in [2.75, 3.05) is 23.3 Å². The Morgan fingerprint density at radius 2 is 1.80 bits per heavy atom. The van der Waals surface area contributed by atoms with Crippen molar-refractivity contribution in [1.29, 1.82) is 0 Å². The number of anilines is 3. The van der Waals surface area contributed by atoms with Crippen LogP contribution < -0.4 is 10.2 Å². The van der Waals surface area contributed by atoms with Crippen molar-refractivity contribution in [3.8, 4) is 0 Å². The maximum Gasteiger partial charge on any atom is 0.141 e. The average Bonchev–Trinajstić information content (AvgIpc) is 2.62. The van der Waals surface area contributed by atoms with E-state index in [2.05, 4.69) is 58.3 Å². The van der Waals surface area contributed by atoms with E-state index in [1.165, 1.54) is 36.1 Å². The van der Waals surface area contributed by atoms with Crippen molar-refractivity contribution in [2.45, 2.75) is 33.1 Å². The lowest BCUT2D eigenvalue weighted by atomic mass is 10.1. The molecule has 0 atom stereocenters. The van der Waals surface area contributed by atoms with Crippen LogP contribution in [0.5, 0.6) is 0 Å². The van der Waals surface area contributed by atoms with Crippen LogP contribution >= 0.6 is 0 Å². The lowest BCUT2D eigenvalue weighted by Gasteiger charge is -2.29. The third-order valence-electron chi connectivity index (χ3n) is 4.92. The molecule has 1 fully saturated rings. The van der Waals surface area contributed by atoms with E-state index in [9.17, 15) is 0 Å². The van der Waals surface area contributed by atoms with Gasteiger partial charge >= 0.3 is 0 Å². The fraction of sp³-hybridized carbons (Fsp3) is 0.333. The Morgan fingerprint density at radius 3 is 2.64 bits per heavy atom. The summed E-state index contributed by atoms with van der Waals surface area (Å²) in [6.07, 6.45) is 5.55. The average molecular weight is 332 g/mol. The largest absolute Gasteiger partial charge is 0.371 e. The van der Waals surface area contributed by atoms with Crippen LogP contribution in [-0.4, -0.2) is 23.1 Å². The second-order valence-corrected chi connectivity index (χ2v) is 6.92. The SMILES string of the molecule is Cc1cc(Nc2ncnc3cccc(C)c23)cc(N2CCCCC2)c1. The quantitative estimate of drug-likeness (QED) is 0.734. The van der Waals surface area contributed by atoms with Gasteiger partial charge in [-0.05, 0) is 68.5 Å². The number of piperidine rings is 1. The molecule has 1 N–H and O–H groups in total. The third-order valence-corrected chi connectivity index (χ3v) is 4.92. The number of aryl methyl sites for hydroxylation is 2. The second kappa shape index (κ2) is 6.71. The van der Waals surface area contributed by atoms with Crippen molar-refractivity contribution in [3.05, 3.63) is 53.9 Å². The van der Waals surface area contributed by atoms with E-state index in [1.54, 1.807) is 6.33 Å². The summed E-state index contributed by atoms with van der Waals surface area (Å²) < 4.78 is 0. The molecule has 2 heterocycles. The summed E-state index contributed by atoms with van der Waals surface area (Å²) in [7, 11) is 0. The minimum Gasteiger partial charge on any atom is -0.371 e. The zero-order chi connectivity index (χ0) is 17.2. The zero-order valence-corrected chi connectivity index (χ0v) is 14.9. The van der Waals surface area contributed by atoms with E-state index in [0.29, 0.717) is 0 Å². The van der Waals surface area contributed by atoms with Gasteiger partial charge in [0, 0.05) is 29.9 Å². The molecule has 4 rings (SSSR count). The summed E-state index contributed by atoms with van der Waals surface area (Å²) >= 11 is 0. The molecular weight excluding hydrogens is 308 g/mol. The van der Waals surface area contributed by atoms with E-state index in [-0.39, 0.29) is 0 Å². The summed E-state index contributed by atoms with van der Waals surface area (Å²) in [4.78, 5) is 11.4. The molecule has 1 aromatic heterocycles. The van der Waals surface area contributed by atoms with Gasteiger partial charge in [-0.1, -0.05) is 12.1 Å². The van der Waals surface area contributed by atoms with Gasteiger partial charge in [-0.15, -0.1) is 0 Å². The zero-order valence-electron chi connectivity index (χ0n) is 14.9. The molecule has 1 aliphatic rings. The number of hydrogen-bond donors (Lipinski definition) is 1. The van der Waals surface area contributed by atoms with Crippen LogP contribution in [0, 0.1) is 13.8 Å². The van der Waals surface area contributed by atoms with Crippen molar-refractivity contribution < 1.29 is 0 Å². The number of nitrogens with one attached hydrogen (secondary N) is 1. The Hall–Kier alpha value is -2.62. The van der Waals surface area contributed by atoms with Crippen LogP contribution in [0.25, 0.3) is 10.9 Å². The van der Waals surface area contributed by atoms with Gasteiger partial charge in [-0.25, -0.2) is 9.97 Å². The van der Waals surface area contributed by atoms with Gasteiger partial charge in [-0.2, -0.15) is 0 Å². The molecule has 4 heteroatoms. The first kappa shape index (κ1) is 15.9. The number of fused-ring (bicyclic) bond motifs is 1. The Balaban J connectivity index is 1.70. The molecule has 1 saturated heterocycles. The van der Waals surface area contributed by atoms with Crippen LogP contribution in [-0.2, 0) is 0 Å². The molecule has 3 aromatic rings. The first-order chi connectivity index (χ1) is 12.2. The van der Waals surface area contributed by atoms with Crippen LogP contribution in [0.2, 0.25) is 0 Å². The molecule has 0 aliphatic carbocycles.